The van der Waals surface area contributed by atoms with E-state index in [-0.39, 0.29) is 14.8 Å². The molecule has 0 unspecified atom stereocenters. The van der Waals surface area contributed by atoms with Crippen molar-refractivity contribution in [2.24, 2.45) is 5.14 Å². The molecular formula is C11H11BrN2O4S3. The number of hydrogen-bond donors (Lipinski definition) is 2. The van der Waals surface area contributed by atoms with Crippen LogP contribution in [0.1, 0.15) is 5.56 Å². The number of anilines is 1. The summed E-state index contributed by atoms with van der Waals surface area (Å²) in [7, 11) is -7.50. The van der Waals surface area contributed by atoms with Crippen LogP contribution in [-0.2, 0) is 20.0 Å². The van der Waals surface area contributed by atoms with Crippen LogP contribution in [0.2, 0.25) is 0 Å². The van der Waals surface area contributed by atoms with Gasteiger partial charge in [-0.05, 0) is 58.7 Å². The Kier molecular flexibility index (Phi) is 4.45. The van der Waals surface area contributed by atoms with Crippen LogP contribution in [0.5, 0.6) is 0 Å². The number of hydrogen-bond acceptors (Lipinski definition) is 5. The molecule has 0 aliphatic rings. The SMILES string of the molecule is Cc1cc(S(=O)(=O)Nc2ccc(S(N)(=O)=O)cc2)sc1Br. The van der Waals surface area contributed by atoms with E-state index in [0.717, 1.165) is 20.7 Å². The summed E-state index contributed by atoms with van der Waals surface area (Å²) in [5, 5.41) is 4.97. The third-order valence-electron chi connectivity index (χ3n) is 2.53. The molecule has 21 heavy (non-hydrogen) atoms. The zero-order valence-corrected chi connectivity index (χ0v) is 14.7. The highest BCUT2D eigenvalue weighted by atomic mass is 79.9. The van der Waals surface area contributed by atoms with Crippen molar-refractivity contribution in [3.8, 4) is 0 Å². The number of nitrogens with two attached hydrogens (primary N) is 1. The highest BCUT2D eigenvalue weighted by Crippen LogP contribution is 2.31. The third kappa shape index (κ3) is 3.83. The zero-order valence-electron chi connectivity index (χ0n) is 10.7. The van der Waals surface area contributed by atoms with Crippen molar-refractivity contribution in [3.05, 3.63) is 39.7 Å². The van der Waals surface area contributed by atoms with E-state index < -0.39 is 20.0 Å². The predicted molar refractivity (Wildman–Crippen MR) is 85.4 cm³/mol. The topological polar surface area (TPSA) is 106 Å². The maximum atomic E-state index is 12.2. The largest absolute Gasteiger partial charge is 0.279 e. The second-order valence-electron chi connectivity index (χ2n) is 4.20. The lowest BCUT2D eigenvalue weighted by atomic mass is 10.3. The van der Waals surface area contributed by atoms with E-state index in [2.05, 4.69) is 20.7 Å². The van der Waals surface area contributed by atoms with Gasteiger partial charge < -0.3 is 0 Å². The number of benzene rings is 1. The van der Waals surface area contributed by atoms with Crippen LogP contribution >= 0.6 is 27.3 Å². The molecule has 0 fully saturated rings. The van der Waals surface area contributed by atoms with Crippen LogP contribution in [0.3, 0.4) is 0 Å². The first-order valence-electron chi connectivity index (χ1n) is 5.51. The molecule has 0 amide bonds. The summed E-state index contributed by atoms with van der Waals surface area (Å²) in [4.78, 5) is -0.0832. The molecule has 0 aliphatic heterocycles. The molecule has 2 aromatic rings. The molecule has 2 rings (SSSR count). The van der Waals surface area contributed by atoms with E-state index in [4.69, 9.17) is 5.14 Å². The molecule has 1 aromatic heterocycles. The van der Waals surface area contributed by atoms with Gasteiger partial charge in [0.25, 0.3) is 10.0 Å². The van der Waals surface area contributed by atoms with Gasteiger partial charge >= 0.3 is 0 Å². The second-order valence-corrected chi connectivity index (χ2v) is 10.0. The van der Waals surface area contributed by atoms with Gasteiger partial charge in [0.05, 0.1) is 8.68 Å². The van der Waals surface area contributed by atoms with E-state index >= 15 is 0 Å². The van der Waals surface area contributed by atoms with Crippen LogP contribution in [0, 0.1) is 6.92 Å². The highest BCUT2D eigenvalue weighted by molar-refractivity contribution is 9.11. The first-order valence-corrected chi connectivity index (χ1v) is 10.1. The minimum absolute atomic E-state index is 0.0832. The van der Waals surface area contributed by atoms with Gasteiger partial charge in [0.2, 0.25) is 10.0 Å². The molecule has 0 saturated carbocycles. The molecule has 6 nitrogen and oxygen atoms in total. The summed E-state index contributed by atoms with van der Waals surface area (Å²) in [6, 6.07) is 6.71. The highest BCUT2D eigenvalue weighted by Gasteiger charge is 2.18. The van der Waals surface area contributed by atoms with Gasteiger partial charge in [-0.2, -0.15) is 0 Å². The number of aryl methyl sites for hydroxylation is 1. The van der Waals surface area contributed by atoms with E-state index in [1.807, 2.05) is 0 Å². The maximum Gasteiger partial charge on any atom is 0.271 e. The smallest absolute Gasteiger partial charge is 0.271 e. The lowest BCUT2D eigenvalue weighted by Crippen LogP contribution is -2.13. The van der Waals surface area contributed by atoms with Crippen LogP contribution in [0.4, 0.5) is 5.69 Å². The van der Waals surface area contributed by atoms with Gasteiger partial charge in [-0.1, -0.05) is 0 Å². The van der Waals surface area contributed by atoms with Crippen molar-refractivity contribution in [3.63, 3.8) is 0 Å². The molecule has 0 saturated heterocycles. The Labute approximate surface area is 135 Å². The summed E-state index contributed by atoms with van der Waals surface area (Å²) in [6.45, 7) is 1.79. The first kappa shape index (κ1) is 16.4. The van der Waals surface area contributed by atoms with Gasteiger partial charge in [0.1, 0.15) is 4.21 Å². The predicted octanol–water partition coefficient (Wildman–Crippen LogP) is 2.27. The fraction of sp³-hybridized carbons (Fsp3) is 0.0909. The molecule has 0 radical (unpaired) electrons. The molecular weight excluding hydrogens is 400 g/mol. The normalized spacial score (nSPS) is 12.3. The number of thiophene rings is 1. The maximum absolute atomic E-state index is 12.2. The third-order valence-corrected chi connectivity index (χ3v) is 7.46. The molecule has 10 heteroatoms. The van der Waals surface area contributed by atoms with Crippen molar-refractivity contribution in [2.75, 3.05) is 4.72 Å². The van der Waals surface area contributed by atoms with Crippen LogP contribution in [-0.4, -0.2) is 16.8 Å². The quantitative estimate of drug-likeness (QED) is 0.805. The summed E-state index contributed by atoms with van der Waals surface area (Å²) in [6.07, 6.45) is 0. The molecule has 1 heterocycles. The average Bonchev–Trinajstić information content (AvgIpc) is 2.69. The Hall–Kier alpha value is -0.940. The van der Waals surface area contributed by atoms with Crippen LogP contribution in [0.15, 0.2) is 43.2 Å². The van der Waals surface area contributed by atoms with Gasteiger partial charge in [-0.15, -0.1) is 11.3 Å². The Morgan fingerprint density at radius 1 is 1.14 bits per heavy atom. The fourth-order valence-corrected chi connectivity index (χ4v) is 5.28. The number of nitrogens with one attached hydrogen (secondary N) is 1. The zero-order chi connectivity index (χ0) is 15.8. The Morgan fingerprint density at radius 2 is 1.71 bits per heavy atom. The molecule has 0 atom stereocenters. The van der Waals surface area contributed by atoms with Crippen molar-refractivity contribution in [2.45, 2.75) is 16.0 Å². The summed E-state index contributed by atoms with van der Waals surface area (Å²) in [5.41, 5.74) is 1.08. The monoisotopic (exact) mass is 410 g/mol. The summed E-state index contributed by atoms with van der Waals surface area (Å²) < 4.78 is 49.9. The van der Waals surface area contributed by atoms with Crippen molar-refractivity contribution >= 4 is 53.0 Å². The molecule has 0 spiro atoms. The van der Waals surface area contributed by atoms with E-state index in [0.29, 0.717) is 0 Å². The number of halogens is 1. The first-order chi connectivity index (χ1) is 9.59. The van der Waals surface area contributed by atoms with Gasteiger partial charge in [-0.3, -0.25) is 4.72 Å². The molecule has 0 aliphatic carbocycles. The molecule has 0 bridgehead atoms. The lowest BCUT2D eigenvalue weighted by Gasteiger charge is -2.06. The summed E-state index contributed by atoms with van der Waals surface area (Å²) >= 11 is 4.37. The number of rotatable bonds is 4. The molecule has 3 N–H and O–H groups in total. The Balaban J connectivity index is 2.29. The van der Waals surface area contributed by atoms with Gasteiger partial charge in [-0.25, -0.2) is 22.0 Å². The minimum atomic E-state index is -3.80. The second kappa shape index (κ2) is 5.69. The van der Waals surface area contributed by atoms with Crippen molar-refractivity contribution in [1.29, 1.82) is 0 Å². The van der Waals surface area contributed by atoms with Crippen LogP contribution in [0.25, 0.3) is 0 Å². The average molecular weight is 411 g/mol. The number of sulfonamides is 2. The van der Waals surface area contributed by atoms with E-state index in [9.17, 15) is 16.8 Å². The lowest BCUT2D eigenvalue weighted by molar-refractivity contribution is 0.597. The molecule has 1 aromatic carbocycles. The molecule has 114 valence electrons. The van der Waals surface area contributed by atoms with Crippen molar-refractivity contribution in [1.82, 2.24) is 0 Å². The summed E-state index contributed by atoms with van der Waals surface area (Å²) in [5.74, 6) is 0. The van der Waals surface area contributed by atoms with Crippen LogP contribution < -0.4 is 9.86 Å². The number of primary sulfonamides is 1. The van der Waals surface area contributed by atoms with Crippen molar-refractivity contribution < 1.29 is 16.8 Å². The Bertz CT molecular complexity index is 851. The van der Waals surface area contributed by atoms with Gasteiger partial charge in [0.15, 0.2) is 0 Å². The van der Waals surface area contributed by atoms with E-state index in [1.54, 1.807) is 13.0 Å². The Morgan fingerprint density at radius 3 is 2.14 bits per heavy atom. The standard InChI is InChI=1S/C11H11BrN2O4S3/c1-7-6-10(19-11(7)12)21(17,18)14-8-2-4-9(5-3-8)20(13,15)16/h2-6,14H,1H3,(H2,13,15,16). The minimum Gasteiger partial charge on any atom is -0.279 e. The van der Waals surface area contributed by atoms with Gasteiger partial charge in [0, 0.05) is 5.69 Å². The fourth-order valence-electron chi connectivity index (χ4n) is 1.48. The van der Waals surface area contributed by atoms with E-state index in [1.165, 1.54) is 24.3 Å².